The van der Waals surface area contributed by atoms with E-state index in [1.54, 1.807) is 0 Å². The highest BCUT2D eigenvalue weighted by Gasteiger charge is 2.27. The number of phosphoric acid groups is 1. The number of carbonyl (C=O) groups is 2. The topological polar surface area (TPSA) is 114 Å². The molecule has 0 fully saturated rings. The van der Waals surface area contributed by atoms with E-state index < -0.39 is 26.6 Å². The Hall–Kier alpha value is -2.29. The van der Waals surface area contributed by atoms with Gasteiger partial charge in [0.15, 0.2) is 0 Å². The number of rotatable bonds is 52. The fraction of sp³-hybridized carbons (Fsp3) is 0.800. The van der Waals surface area contributed by atoms with E-state index >= 15 is 0 Å². The molecule has 0 saturated heterocycles. The zero-order chi connectivity index (χ0) is 51.5. The summed E-state index contributed by atoms with van der Waals surface area (Å²) in [7, 11) is 1.16. The Balaban J connectivity index is 5.38. The maximum Gasteiger partial charge on any atom is 0.306 e. The summed E-state index contributed by atoms with van der Waals surface area (Å²) in [5.74, 6) is -0.573. The highest BCUT2D eigenvalue weighted by atomic mass is 31.2. The molecule has 0 aromatic heterocycles. The maximum atomic E-state index is 13.5. The standard InChI is InChI=1S/C60H111N2O7P/c1-7-10-13-16-19-22-25-28-29-30-31-32-33-35-37-40-43-46-49-52-59(63)61-57(56-68-70(65,66)67-55-54-62(4,5)6)58(51-48-45-42-39-36-27-24-21-18-15-12-9-3)69-60(64)53-50-47-44-41-38-34-26-23-20-17-14-11-8-2/h19,22,28-29,31-32,35,37,48,51,57-58H,7-18,20-21,23-27,30,33-34,36,38-47,49-50,52-56H2,1-6H3,(H-,61,63,65,66)/b22-19-,29-28-,32-31-,37-35-,51-48-. The largest absolute Gasteiger partial charge is 0.756 e. The van der Waals surface area contributed by atoms with Crippen molar-refractivity contribution in [2.75, 3.05) is 40.9 Å². The van der Waals surface area contributed by atoms with Crippen molar-refractivity contribution < 1.29 is 37.3 Å². The SMILES string of the molecule is CCCCC/C=C\C/C=C\C/C=C\C/C=C\CCCCCC(=O)NC(COP(=O)([O-])OCC[N+](C)(C)C)C(/C=C\CCCCCCCCCCCC)OC(=O)CCCCCCCCCCCCCCC. The van der Waals surface area contributed by atoms with Gasteiger partial charge in [-0.25, -0.2) is 0 Å². The third kappa shape index (κ3) is 50.6. The summed E-state index contributed by atoms with van der Waals surface area (Å²) < 4.78 is 30.2. The summed E-state index contributed by atoms with van der Waals surface area (Å²) in [6.45, 7) is 6.79. The molecule has 1 amide bonds. The van der Waals surface area contributed by atoms with Crippen molar-refractivity contribution in [3.63, 3.8) is 0 Å². The fourth-order valence-electron chi connectivity index (χ4n) is 8.15. The Bertz CT molecular complexity index is 1390. The second-order valence-corrected chi connectivity index (χ2v) is 22.2. The van der Waals surface area contributed by atoms with E-state index in [0.717, 1.165) is 77.0 Å². The molecule has 9 nitrogen and oxygen atoms in total. The fourth-order valence-corrected chi connectivity index (χ4v) is 8.87. The van der Waals surface area contributed by atoms with Gasteiger partial charge in [-0.05, 0) is 76.7 Å². The second-order valence-electron chi connectivity index (χ2n) is 20.8. The molecule has 0 spiro atoms. The molecule has 0 bridgehead atoms. The lowest BCUT2D eigenvalue weighted by atomic mass is 10.0. The monoisotopic (exact) mass is 1000 g/mol. The Morgan fingerprint density at radius 1 is 0.500 bits per heavy atom. The van der Waals surface area contributed by atoms with E-state index in [9.17, 15) is 19.0 Å². The number of carbonyl (C=O) groups excluding carboxylic acids is 2. The van der Waals surface area contributed by atoms with E-state index in [0.29, 0.717) is 17.4 Å². The molecular weight excluding hydrogens is 892 g/mol. The van der Waals surface area contributed by atoms with Gasteiger partial charge in [0, 0.05) is 12.8 Å². The first kappa shape index (κ1) is 67.7. The van der Waals surface area contributed by atoms with E-state index in [-0.39, 0.29) is 31.3 Å². The average molecular weight is 1000 g/mol. The molecular formula is C60H111N2O7P. The van der Waals surface area contributed by atoms with Crippen LogP contribution in [-0.4, -0.2) is 69.4 Å². The number of quaternary nitrogens is 1. The minimum atomic E-state index is -4.70. The molecule has 0 saturated carbocycles. The summed E-state index contributed by atoms with van der Waals surface area (Å²) in [5, 5.41) is 3.00. The number of nitrogens with one attached hydrogen (secondary N) is 1. The van der Waals surface area contributed by atoms with Crippen molar-refractivity contribution >= 4 is 19.7 Å². The molecule has 10 heteroatoms. The van der Waals surface area contributed by atoms with Crippen LogP contribution in [0.3, 0.4) is 0 Å². The van der Waals surface area contributed by atoms with Crippen LogP contribution in [0.4, 0.5) is 0 Å². The van der Waals surface area contributed by atoms with Crippen molar-refractivity contribution in [2.24, 2.45) is 0 Å². The molecule has 1 N–H and O–H groups in total. The summed E-state index contributed by atoms with van der Waals surface area (Å²) in [4.78, 5) is 39.8. The number of likely N-dealkylation sites (N-methyl/N-ethyl adjacent to an activating group) is 1. The van der Waals surface area contributed by atoms with E-state index in [4.69, 9.17) is 13.8 Å². The number of hydrogen-bond donors (Lipinski definition) is 1. The summed E-state index contributed by atoms with van der Waals surface area (Å²) in [6, 6.07) is -0.903. The van der Waals surface area contributed by atoms with Crippen LogP contribution in [-0.2, 0) is 27.9 Å². The molecule has 3 atom stereocenters. The summed E-state index contributed by atoms with van der Waals surface area (Å²) in [5.41, 5.74) is 0. The van der Waals surface area contributed by atoms with Gasteiger partial charge in [-0.1, -0.05) is 230 Å². The minimum Gasteiger partial charge on any atom is -0.756 e. The number of esters is 1. The normalized spacial score (nSPS) is 14.2. The van der Waals surface area contributed by atoms with Crippen LogP contribution < -0.4 is 10.2 Å². The second kappa shape index (κ2) is 50.3. The summed E-state index contributed by atoms with van der Waals surface area (Å²) >= 11 is 0. The number of ether oxygens (including phenoxy) is 1. The number of amides is 1. The molecule has 0 aliphatic carbocycles. The highest BCUT2D eigenvalue weighted by molar-refractivity contribution is 7.45. The molecule has 0 rings (SSSR count). The van der Waals surface area contributed by atoms with Crippen molar-refractivity contribution in [2.45, 2.75) is 270 Å². The first-order valence-electron chi connectivity index (χ1n) is 29.1. The molecule has 70 heavy (non-hydrogen) atoms. The Kier molecular flexibility index (Phi) is 48.6. The number of nitrogens with zero attached hydrogens (tertiary/aromatic N) is 1. The number of unbranched alkanes of at least 4 members (excludes halogenated alkanes) is 28. The van der Waals surface area contributed by atoms with Crippen LogP contribution in [0.1, 0.15) is 258 Å². The van der Waals surface area contributed by atoms with Crippen molar-refractivity contribution in [1.29, 1.82) is 0 Å². The molecule has 408 valence electrons. The van der Waals surface area contributed by atoms with Crippen LogP contribution >= 0.6 is 7.82 Å². The number of hydrogen-bond acceptors (Lipinski definition) is 7. The van der Waals surface area contributed by atoms with E-state index in [2.05, 4.69) is 74.7 Å². The van der Waals surface area contributed by atoms with Crippen LogP contribution in [0.15, 0.2) is 60.8 Å². The van der Waals surface area contributed by atoms with Gasteiger partial charge in [0.2, 0.25) is 5.91 Å². The van der Waals surface area contributed by atoms with Gasteiger partial charge in [-0.2, -0.15) is 0 Å². The van der Waals surface area contributed by atoms with Crippen LogP contribution in [0.5, 0.6) is 0 Å². The third-order valence-corrected chi connectivity index (χ3v) is 13.7. The molecule has 0 aromatic carbocycles. The van der Waals surface area contributed by atoms with Gasteiger partial charge < -0.3 is 28.5 Å². The minimum absolute atomic E-state index is 0.0291. The van der Waals surface area contributed by atoms with Crippen molar-refractivity contribution in [3.05, 3.63) is 60.8 Å². The number of phosphoric ester groups is 1. The van der Waals surface area contributed by atoms with Gasteiger partial charge in [-0.3, -0.25) is 14.2 Å². The Morgan fingerprint density at radius 3 is 1.34 bits per heavy atom. The van der Waals surface area contributed by atoms with Crippen LogP contribution in [0, 0.1) is 0 Å². The predicted octanol–water partition coefficient (Wildman–Crippen LogP) is 16.9. The quantitative estimate of drug-likeness (QED) is 0.0212. The smallest absolute Gasteiger partial charge is 0.306 e. The lowest BCUT2D eigenvalue weighted by Crippen LogP contribution is -2.47. The van der Waals surface area contributed by atoms with Crippen LogP contribution in [0.2, 0.25) is 0 Å². The van der Waals surface area contributed by atoms with E-state index in [1.165, 1.54) is 141 Å². The molecule has 0 aliphatic heterocycles. The van der Waals surface area contributed by atoms with Crippen molar-refractivity contribution in [1.82, 2.24) is 5.32 Å². The summed E-state index contributed by atoms with van der Waals surface area (Å²) in [6.07, 6.45) is 61.8. The lowest BCUT2D eigenvalue weighted by molar-refractivity contribution is -0.870. The number of allylic oxidation sites excluding steroid dienone is 9. The molecule has 0 radical (unpaired) electrons. The molecule has 0 heterocycles. The molecule has 0 aromatic rings. The zero-order valence-corrected chi connectivity index (χ0v) is 47.4. The predicted molar refractivity (Wildman–Crippen MR) is 298 cm³/mol. The van der Waals surface area contributed by atoms with Crippen LogP contribution in [0.25, 0.3) is 0 Å². The van der Waals surface area contributed by atoms with Gasteiger partial charge in [0.1, 0.15) is 19.3 Å². The van der Waals surface area contributed by atoms with Gasteiger partial charge in [0.25, 0.3) is 7.82 Å². The van der Waals surface area contributed by atoms with Gasteiger partial charge in [0.05, 0.1) is 33.8 Å². The zero-order valence-electron chi connectivity index (χ0n) is 46.5. The van der Waals surface area contributed by atoms with E-state index in [1.807, 2.05) is 33.3 Å². The Morgan fingerprint density at radius 2 is 0.871 bits per heavy atom. The molecule has 3 unspecified atom stereocenters. The average Bonchev–Trinajstić information content (AvgIpc) is 3.32. The first-order chi connectivity index (χ1) is 33.9. The van der Waals surface area contributed by atoms with Gasteiger partial charge in [-0.15, -0.1) is 0 Å². The maximum absolute atomic E-state index is 13.5. The lowest BCUT2D eigenvalue weighted by Gasteiger charge is -2.30. The Labute approximate surface area is 432 Å². The first-order valence-corrected chi connectivity index (χ1v) is 30.6. The van der Waals surface area contributed by atoms with Gasteiger partial charge >= 0.3 is 5.97 Å². The highest BCUT2D eigenvalue weighted by Crippen LogP contribution is 2.38. The van der Waals surface area contributed by atoms with Crippen molar-refractivity contribution in [3.8, 4) is 0 Å². The molecule has 0 aliphatic rings. The third-order valence-electron chi connectivity index (χ3n) is 12.7.